The van der Waals surface area contributed by atoms with Gasteiger partial charge in [-0.25, -0.2) is 4.98 Å². The maximum Gasteiger partial charge on any atom is 0.131 e. The minimum absolute atomic E-state index is 0.597. The molecule has 4 heteroatoms. The summed E-state index contributed by atoms with van der Waals surface area (Å²) in [6, 6.07) is 13.2. The van der Waals surface area contributed by atoms with Gasteiger partial charge in [-0.15, -0.1) is 0 Å². The van der Waals surface area contributed by atoms with Crippen molar-refractivity contribution in [3.63, 3.8) is 0 Å². The van der Waals surface area contributed by atoms with E-state index in [-0.39, 0.29) is 0 Å². The Morgan fingerprint density at radius 1 is 1.04 bits per heavy atom. The molecule has 1 aromatic carbocycles. The molecular formula is C19H20N4. The van der Waals surface area contributed by atoms with E-state index < -0.39 is 0 Å². The van der Waals surface area contributed by atoms with Crippen molar-refractivity contribution in [2.24, 2.45) is 0 Å². The molecule has 0 spiro atoms. The van der Waals surface area contributed by atoms with Crippen LogP contribution < -0.4 is 5.32 Å². The highest BCUT2D eigenvalue weighted by Crippen LogP contribution is 2.35. The monoisotopic (exact) mass is 304 g/mol. The number of rotatable bonds is 4. The number of aromatic nitrogens is 3. The molecule has 1 fully saturated rings. The van der Waals surface area contributed by atoms with Gasteiger partial charge < -0.3 is 5.32 Å². The van der Waals surface area contributed by atoms with Crippen LogP contribution in [-0.4, -0.2) is 14.8 Å². The lowest BCUT2D eigenvalue weighted by molar-refractivity contribution is 0.642. The minimum Gasteiger partial charge on any atom is -0.338 e. The first-order valence-electron chi connectivity index (χ1n) is 8.05. The van der Waals surface area contributed by atoms with Gasteiger partial charge >= 0.3 is 0 Å². The van der Waals surface area contributed by atoms with Crippen molar-refractivity contribution in [3.05, 3.63) is 59.9 Å². The van der Waals surface area contributed by atoms with E-state index in [2.05, 4.69) is 60.8 Å². The lowest BCUT2D eigenvalue weighted by atomic mass is 10.1. The maximum atomic E-state index is 4.79. The standard InChI is InChI=1S/C19H20N4/c1-13-3-6-15(7-4-13)19-14(2)5-10-18(22-19)21-16-11-20-23(12-16)17-8-9-17/h3-7,10-12,17H,8-9H2,1-2H3,(H,21,22). The summed E-state index contributed by atoms with van der Waals surface area (Å²) in [5.41, 5.74) is 5.58. The van der Waals surface area contributed by atoms with Crippen LogP contribution in [0.3, 0.4) is 0 Å². The van der Waals surface area contributed by atoms with E-state index >= 15 is 0 Å². The van der Waals surface area contributed by atoms with Crippen molar-refractivity contribution in [1.29, 1.82) is 0 Å². The third-order valence-corrected chi connectivity index (χ3v) is 4.22. The second-order valence-corrected chi connectivity index (χ2v) is 6.29. The molecule has 2 aromatic heterocycles. The van der Waals surface area contributed by atoms with Gasteiger partial charge in [0, 0.05) is 11.8 Å². The van der Waals surface area contributed by atoms with Crippen LogP contribution in [0, 0.1) is 13.8 Å². The summed E-state index contributed by atoms with van der Waals surface area (Å²) in [7, 11) is 0. The van der Waals surface area contributed by atoms with Crippen LogP contribution in [0.1, 0.15) is 30.0 Å². The number of hydrogen-bond donors (Lipinski definition) is 1. The Hall–Kier alpha value is -2.62. The first kappa shape index (κ1) is 14.0. The molecule has 1 aliphatic carbocycles. The number of hydrogen-bond acceptors (Lipinski definition) is 3. The Morgan fingerprint density at radius 2 is 1.83 bits per heavy atom. The number of nitrogens with zero attached hydrogens (tertiary/aromatic N) is 3. The Kier molecular flexibility index (Phi) is 3.37. The average Bonchev–Trinajstić information content (AvgIpc) is 3.30. The van der Waals surface area contributed by atoms with E-state index in [1.165, 1.54) is 24.0 Å². The lowest BCUT2D eigenvalue weighted by Crippen LogP contribution is -1.96. The lowest BCUT2D eigenvalue weighted by Gasteiger charge is -2.09. The molecule has 1 N–H and O–H groups in total. The Labute approximate surface area is 136 Å². The molecule has 2 heterocycles. The summed E-state index contributed by atoms with van der Waals surface area (Å²) in [6.45, 7) is 4.19. The number of aryl methyl sites for hydroxylation is 2. The van der Waals surface area contributed by atoms with Gasteiger partial charge in [-0.3, -0.25) is 4.68 Å². The fourth-order valence-corrected chi connectivity index (χ4v) is 2.69. The van der Waals surface area contributed by atoms with Gasteiger partial charge in [0.2, 0.25) is 0 Å². The van der Waals surface area contributed by atoms with Crippen LogP contribution in [-0.2, 0) is 0 Å². The zero-order valence-electron chi connectivity index (χ0n) is 13.5. The van der Waals surface area contributed by atoms with Crippen LogP contribution in [0.4, 0.5) is 11.5 Å². The van der Waals surface area contributed by atoms with Crippen LogP contribution in [0.15, 0.2) is 48.8 Å². The molecule has 0 radical (unpaired) electrons. The van der Waals surface area contributed by atoms with Crippen molar-refractivity contribution in [2.45, 2.75) is 32.7 Å². The van der Waals surface area contributed by atoms with E-state index in [1.54, 1.807) is 0 Å². The molecule has 1 aliphatic rings. The zero-order valence-corrected chi connectivity index (χ0v) is 13.5. The van der Waals surface area contributed by atoms with Gasteiger partial charge in [0.05, 0.1) is 23.6 Å². The van der Waals surface area contributed by atoms with E-state index in [1.807, 2.05) is 16.9 Å². The van der Waals surface area contributed by atoms with Crippen molar-refractivity contribution in [1.82, 2.24) is 14.8 Å². The fraction of sp³-hybridized carbons (Fsp3) is 0.263. The van der Waals surface area contributed by atoms with Crippen molar-refractivity contribution in [2.75, 3.05) is 5.32 Å². The molecule has 116 valence electrons. The predicted octanol–water partition coefficient (Wildman–Crippen LogP) is 4.64. The van der Waals surface area contributed by atoms with Crippen molar-refractivity contribution < 1.29 is 0 Å². The second-order valence-electron chi connectivity index (χ2n) is 6.29. The van der Waals surface area contributed by atoms with E-state index in [9.17, 15) is 0 Å². The third kappa shape index (κ3) is 2.97. The molecule has 0 atom stereocenters. The normalized spacial score (nSPS) is 14.0. The second kappa shape index (κ2) is 5.54. The Balaban J connectivity index is 1.61. The fourth-order valence-electron chi connectivity index (χ4n) is 2.69. The number of nitrogens with one attached hydrogen (secondary N) is 1. The summed E-state index contributed by atoms with van der Waals surface area (Å²) in [5.74, 6) is 0.849. The van der Waals surface area contributed by atoms with Crippen molar-refractivity contribution >= 4 is 11.5 Å². The third-order valence-electron chi connectivity index (χ3n) is 4.22. The quantitative estimate of drug-likeness (QED) is 0.763. The molecular weight excluding hydrogens is 284 g/mol. The summed E-state index contributed by atoms with van der Waals surface area (Å²) in [5, 5.41) is 7.77. The highest BCUT2D eigenvalue weighted by atomic mass is 15.3. The smallest absolute Gasteiger partial charge is 0.131 e. The highest BCUT2D eigenvalue weighted by molar-refractivity contribution is 5.67. The number of benzene rings is 1. The SMILES string of the molecule is Cc1ccc(-c2nc(Nc3cnn(C4CC4)c3)ccc2C)cc1. The summed E-state index contributed by atoms with van der Waals surface area (Å²) < 4.78 is 2.04. The minimum atomic E-state index is 0.597. The largest absolute Gasteiger partial charge is 0.338 e. The van der Waals surface area contributed by atoms with E-state index in [0.717, 1.165) is 22.8 Å². The first-order valence-corrected chi connectivity index (χ1v) is 8.05. The Morgan fingerprint density at radius 3 is 2.57 bits per heavy atom. The van der Waals surface area contributed by atoms with E-state index in [0.29, 0.717) is 6.04 Å². The van der Waals surface area contributed by atoms with Crippen molar-refractivity contribution in [3.8, 4) is 11.3 Å². The van der Waals surface area contributed by atoms with Gasteiger partial charge in [-0.1, -0.05) is 35.9 Å². The average molecular weight is 304 g/mol. The topological polar surface area (TPSA) is 42.7 Å². The summed E-state index contributed by atoms with van der Waals surface area (Å²) in [4.78, 5) is 4.79. The van der Waals surface area contributed by atoms with Gasteiger partial charge in [0.15, 0.2) is 0 Å². The molecule has 0 bridgehead atoms. The molecule has 4 nitrogen and oxygen atoms in total. The number of anilines is 2. The number of pyridine rings is 1. The molecule has 3 aromatic rings. The maximum absolute atomic E-state index is 4.79. The van der Waals surface area contributed by atoms with Crippen LogP contribution >= 0.6 is 0 Å². The van der Waals surface area contributed by atoms with Gasteiger partial charge in [0.25, 0.3) is 0 Å². The summed E-state index contributed by atoms with van der Waals surface area (Å²) in [6.07, 6.45) is 6.40. The van der Waals surface area contributed by atoms with E-state index in [4.69, 9.17) is 4.98 Å². The molecule has 0 aliphatic heterocycles. The van der Waals surface area contributed by atoms with Crippen LogP contribution in [0.5, 0.6) is 0 Å². The Bertz CT molecular complexity index is 829. The summed E-state index contributed by atoms with van der Waals surface area (Å²) >= 11 is 0. The molecule has 23 heavy (non-hydrogen) atoms. The molecule has 0 amide bonds. The van der Waals surface area contributed by atoms with Crippen LogP contribution in [0.2, 0.25) is 0 Å². The van der Waals surface area contributed by atoms with Gasteiger partial charge in [-0.05, 0) is 38.3 Å². The van der Waals surface area contributed by atoms with Crippen LogP contribution in [0.25, 0.3) is 11.3 Å². The predicted molar refractivity (Wildman–Crippen MR) is 92.9 cm³/mol. The molecule has 1 saturated carbocycles. The van der Waals surface area contributed by atoms with Gasteiger partial charge in [0.1, 0.15) is 5.82 Å². The molecule has 4 rings (SSSR count). The highest BCUT2D eigenvalue weighted by Gasteiger charge is 2.24. The molecule has 0 unspecified atom stereocenters. The zero-order chi connectivity index (χ0) is 15.8. The molecule has 0 saturated heterocycles. The first-order chi connectivity index (χ1) is 11.2. The van der Waals surface area contributed by atoms with Gasteiger partial charge in [-0.2, -0.15) is 5.10 Å².